The summed E-state index contributed by atoms with van der Waals surface area (Å²) in [6, 6.07) is 5.88. The molecule has 0 spiro atoms. The normalized spacial score (nSPS) is 18.6. The molecular weight excluding hydrogens is 204 g/mol. The minimum Gasteiger partial charge on any atom is -0.395 e. The molecule has 0 saturated heterocycles. The number of aliphatic hydroxyl groups excluding tert-OH is 1. The summed E-state index contributed by atoms with van der Waals surface area (Å²) in [5.74, 6) is 0. The van der Waals surface area contributed by atoms with E-state index in [0.29, 0.717) is 0 Å². The molecule has 3 N–H and O–H groups in total. The molecule has 0 atom stereocenters. The van der Waals surface area contributed by atoms with Crippen LogP contribution in [0.5, 0.6) is 0 Å². The molecule has 0 bridgehead atoms. The number of aliphatic hydroxyl groups is 1. The van der Waals surface area contributed by atoms with Gasteiger partial charge in [-0.25, -0.2) is 4.79 Å². The van der Waals surface area contributed by atoms with Crippen molar-refractivity contribution in [2.45, 2.75) is 24.7 Å². The quantitative estimate of drug-likeness (QED) is 0.710. The third-order valence-electron chi connectivity index (χ3n) is 3.74. The molecule has 1 saturated carbocycles. The van der Waals surface area contributed by atoms with Crippen LogP contribution in [0.3, 0.4) is 0 Å². The maximum atomic E-state index is 11.1. The van der Waals surface area contributed by atoms with Gasteiger partial charge in [0.1, 0.15) is 0 Å². The number of hydrogen-bond donors (Lipinski definition) is 3. The van der Waals surface area contributed by atoms with Crippen molar-refractivity contribution in [2.75, 3.05) is 6.61 Å². The third-order valence-corrected chi connectivity index (χ3v) is 3.74. The Balaban J connectivity index is 2.14. The average molecular weight is 218 g/mol. The standard InChI is InChI=1S/C12H14N2O2/c15-7-12(4-1-5-12)8-2-3-9-10(6-8)14-11(16)13-9/h2-3,6,15H,1,4-5,7H2,(H2,13,14,16). The monoisotopic (exact) mass is 218 g/mol. The number of benzene rings is 1. The molecule has 3 rings (SSSR count). The highest BCUT2D eigenvalue weighted by molar-refractivity contribution is 5.75. The van der Waals surface area contributed by atoms with E-state index < -0.39 is 0 Å². The van der Waals surface area contributed by atoms with Gasteiger partial charge in [0.25, 0.3) is 0 Å². The number of aromatic nitrogens is 2. The van der Waals surface area contributed by atoms with Crippen molar-refractivity contribution in [3.8, 4) is 0 Å². The lowest BCUT2D eigenvalue weighted by atomic mass is 9.65. The highest BCUT2D eigenvalue weighted by Gasteiger charge is 2.38. The molecule has 0 aliphatic heterocycles. The Hall–Kier alpha value is -1.55. The number of aromatic amines is 2. The van der Waals surface area contributed by atoms with Gasteiger partial charge in [-0.3, -0.25) is 0 Å². The van der Waals surface area contributed by atoms with Gasteiger partial charge in [0.2, 0.25) is 0 Å². The van der Waals surface area contributed by atoms with E-state index in [1.165, 1.54) is 6.42 Å². The van der Waals surface area contributed by atoms with Gasteiger partial charge in [-0.2, -0.15) is 0 Å². The van der Waals surface area contributed by atoms with E-state index >= 15 is 0 Å². The predicted octanol–water partition coefficient (Wildman–Crippen LogP) is 1.27. The summed E-state index contributed by atoms with van der Waals surface area (Å²) in [7, 11) is 0. The lowest BCUT2D eigenvalue weighted by Crippen LogP contribution is -2.37. The van der Waals surface area contributed by atoms with Gasteiger partial charge in [-0.05, 0) is 30.5 Å². The van der Waals surface area contributed by atoms with Crippen LogP contribution >= 0.6 is 0 Å². The minimum absolute atomic E-state index is 0.0671. The second kappa shape index (κ2) is 3.22. The average Bonchev–Trinajstić information content (AvgIpc) is 2.56. The summed E-state index contributed by atoms with van der Waals surface area (Å²) in [5.41, 5.74) is 2.52. The molecule has 1 heterocycles. The van der Waals surface area contributed by atoms with Crippen molar-refractivity contribution >= 4 is 11.0 Å². The zero-order valence-corrected chi connectivity index (χ0v) is 8.92. The molecule has 0 radical (unpaired) electrons. The molecule has 16 heavy (non-hydrogen) atoms. The number of H-pyrrole nitrogens is 2. The first kappa shape index (κ1) is 9.66. The fraction of sp³-hybridized carbons (Fsp3) is 0.417. The number of fused-ring (bicyclic) bond motifs is 1. The van der Waals surface area contributed by atoms with E-state index in [-0.39, 0.29) is 17.7 Å². The van der Waals surface area contributed by atoms with Gasteiger partial charge >= 0.3 is 5.69 Å². The van der Waals surface area contributed by atoms with Crippen molar-refractivity contribution in [3.63, 3.8) is 0 Å². The number of nitrogens with one attached hydrogen (secondary N) is 2. The lowest BCUT2D eigenvalue weighted by Gasteiger charge is -2.40. The Morgan fingerprint density at radius 1 is 1.25 bits per heavy atom. The van der Waals surface area contributed by atoms with Crippen molar-refractivity contribution < 1.29 is 5.11 Å². The van der Waals surface area contributed by atoms with Crippen LogP contribution in [-0.4, -0.2) is 21.7 Å². The second-order valence-electron chi connectivity index (χ2n) is 4.63. The van der Waals surface area contributed by atoms with Crippen LogP contribution in [0.15, 0.2) is 23.0 Å². The first-order valence-corrected chi connectivity index (χ1v) is 5.57. The Morgan fingerprint density at radius 2 is 2.00 bits per heavy atom. The molecule has 1 aromatic heterocycles. The Morgan fingerprint density at radius 3 is 2.62 bits per heavy atom. The summed E-state index contributed by atoms with van der Waals surface area (Å²) < 4.78 is 0. The second-order valence-corrected chi connectivity index (χ2v) is 4.63. The van der Waals surface area contributed by atoms with Crippen molar-refractivity contribution in [1.82, 2.24) is 9.97 Å². The minimum atomic E-state index is -0.182. The molecule has 1 aliphatic carbocycles. The van der Waals surface area contributed by atoms with Crippen LogP contribution < -0.4 is 5.69 Å². The molecule has 1 aromatic carbocycles. The first-order chi connectivity index (χ1) is 7.73. The van der Waals surface area contributed by atoms with E-state index in [0.717, 1.165) is 29.4 Å². The van der Waals surface area contributed by atoms with Gasteiger partial charge in [0.15, 0.2) is 0 Å². The van der Waals surface area contributed by atoms with Crippen LogP contribution in [0.4, 0.5) is 0 Å². The maximum absolute atomic E-state index is 11.1. The topological polar surface area (TPSA) is 68.9 Å². The maximum Gasteiger partial charge on any atom is 0.323 e. The lowest BCUT2D eigenvalue weighted by molar-refractivity contribution is 0.120. The van der Waals surface area contributed by atoms with Gasteiger partial charge < -0.3 is 15.1 Å². The molecule has 2 aromatic rings. The SMILES string of the molecule is O=c1[nH]c2ccc(C3(CO)CCC3)cc2[nH]1. The first-order valence-electron chi connectivity index (χ1n) is 5.57. The molecule has 1 aliphatic rings. The van der Waals surface area contributed by atoms with Crippen LogP contribution in [0.1, 0.15) is 24.8 Å². The van der Waals surface area contributed by atoms with E-state index in [9.17, 15) is 9.90 Å². The largest absolute Gasteiger partial charge is 0.395 e. The van der Waals surface area contributed by atoms with Gasteiger partial charge in [-0.15, -0.1) is 0 Å². The zero-order valence-electron chi connectivity index (χ0n) is 8.92. The van der Waals surface area contributed by atoms with E-state index in [2.05, 4.69) is 9.97 Å². The Labute approximate surface area is 92.3 Å². The van der Waals surface area contributed by atoms with Crippen molar-refractivity contribution in [3.05, 3.63) is 34.2 Å². The summed E-state index contributed by atoms with van der Waals surface area (Å²) in [4.78, 5) is 16.6. The molecule has 4 nitrogen and oxygen atoms in total. The number of hydrogen-bond acceptors (Lipinski definition) is 2. The Kier molecular flexibility index (Phi) is 1.94. The van der Waals surface area contributed by atoms with Gasteiger partial charge in [0, 0.05) is 5.41 Å². The van der Waals surface area contributed by atoms with Crippen LogP contribution in [-0.2, 0) is 5.41 Å². The smallest absolute Gasteiger partial charge is 0.323 e. The van der Waals surface area contributed by atoms with E-state index in [1.807, 2.05) is 18.2 Å². The molecule has 84 valence electrons. The van der Waals surface area contributed by atoms with Crippen LogP contribution in [0, 0.1) is 0 Å². The third kappa shape index (κ3) is 1.23. The molecular formula is C12H14N2O2. The highest BCUT2D eigenvalue weighted by Crippen LogP contribution is 2.43. The molecule has 4 heteroatoms. The molecule has 1 fully saturated rings. The molecule has 0 amide bonds. The number of imidazole rings is 1. The van der Waals surface area contributed by atoms with Gasteiger partial charge in [-0.1, -0.05) is 12.5 Å². The Bertz CT molecular complexity index is 572. The summed E-state index contributed by atoms with van der Waals surface area (Å²) in [6.07, 6.45) is 3.23. The summed E-state index contributed by atoms with van der Waals surface area (Å²) >= 11 is 0. The van der Waals surface area contributed by atoms with Crippen molar-refractivity contribution in [1.29, 1.82) is 0 Å². The zero-order chi connectivity index (χ0) is 11.2. The summed E-state index contributed by atoms with van der Waals surface area (Å²) in [5, 5.41) is 9.49. The molecule has 0 unspecified atom stereocenters. The van der Waals surface area contributed by atoms with Crippen molar-refractivity contribution in [2.24, 2.45) is 0 Å². The summed E-state index contributed by atoms with van der Waals surface area (Å²) in [6.45, 7) is 0.188. The highest BCUT2D eigenvalue weighted by atomic mass is 16.3. The predicted molar refractivity (Wildman–Crippen MR) is 61.5 cm³/mol. The van der Waals surface area contributed by atoms with Gasteiger partial charge in [0.05, 0.1) is 17.6 Å². The van der Waals surface area contributed by atoms with Crippen LogP contribution in [0.25, 0.3) is 11.0 Å². The van der Waals surface area contributed by atoms with E-state index in [1.54, 1.807) is 0 Å². The van der Waals surface area contributed by atoms with Crippen LogP contribution in [0.2, 0.25) is 0 Å². The number of rotatable bonds is 2. The van der Waals surface area contributed by atoms with E-state index in [4.69, 9.17) is 0 Å². The fourth-order valence-corrected chi connectivity index (χ4v) is 2.50. The fourth-order valence-electron chi connectivity index (χ4n) is 2.50.